The van der Waals surface area contributed by atoms with Gasteiger partial charge in [0.1, 0.15) is 9.84 Å². The average molecular weight is 233 g/mol. The Labute approximate surface area is 93.6 Å². The maximum atomic E-state index is 11.3. The summed E-state index contributed by atoms with van der Waals surface area (Å²) >= 11 is 0. The van der Waals surface area contributed by atoms with E-state index in [2.05, 4.69) is 12.2 Å². The van der Waals surface area contributed by atoms with Crippen LogP contribution in [0.1, 0.15) is 39.5 Å². The van der Waals surface area contributed by atoms with Crippen LogP contribution >= 0.6 is 0 Å². The summed E-state index contributed by atoms with van der Waals surface area (Å²) in [6.45, 7) is 5.06. The zero-order valence-electron chi connectivity index (χ0n) is 9.83. The Bertz CT molecular complexity index is 266. The second-order valence-corrected chi connectivity index (χ2v) is 7.14. The minimum atomic E-state index is -2.76. The van der Waals surface area contributed by atoms with Crippen molar-refractivity contribution in [2.24, 2.45) is 5.92 Å². The molecule has 1 N–H and O–H groups in total. The second kappa shape index (κ2) is 5.85. The van der Waals surface area contributed by atoms with Crippen LogP contribution in [-0.4, -0.2) is 32.5 Å². The number of hydrogen-bond donors (Lipinski definition) is 1. The van der Waals surface area contributed by atoms with E-state index in [1.54, 1.807) is 6.92 Å². The topological polar surface area (TPSA) is 46.2 Å². The first kappa shape index (κ1) is 13.0. The summed E-state index contributed by atoms with van der Waals surface area (Å²) in [5.74, 6) is 1.42. The molecule has 1 aliphatic heterocycles. The molecule has 2 atom stereocenters. The number of sulfone groups is 1. The Morgan fingerprint density at radius 2 is 2.07 bits per heavy atom. The highest BCUT2D eigenvalue weighted by molar-refractivity contribution is 7.91. The van der Waals surface area contributed by atoms with Crippen LogP contribution in [-0.2, 0) is 9.84 Å². The summed E-state index contributed by atoms with van der Waals surface area (Å²) in [5.41, 5.74) is 0. The highest BCUT2D eigenvalue weighted by Crippen LogP contribution is 2.16. The fourth-order valence-corrected chi connectivity index (χ4v) is 2.89. The van der Waals surface area contributed by atoms with Crippen LogP contribution in [0.15, 0.2) is 0 Å². The maximum absolute atomic E-state index is 11.3. The van der Waals surface area contributed by atoms with Gasteiger partial charge in [-0.25, -0.2) is 8.42 Å². The van der Waals surface area contributed by atoms with Gasteiger partial charge in [-0.15, -0.1) is 0 Å². The summed E-state index contributed by atoms with van der Waals surface area (Å²) in [4.78, 5) is 0. The highest BCUT2D eigenvalue weighted by atomic mass is 32.2. The molecule has 1 rings (SSSR count). The quantitative estimate of drug-likeness (QED) is 0.784. The first-order chi connectivity index (χ1) is 7.03. The molecule has 1 aliphatic rings. The van der Waals surface area contributed by atoms with E-state index in [0.29, 0.717) is 11.8 Å². The molecule has 0 amide bonds. The van der Waals surface area contributed by atoms with Gasteiger partial charge in [0.25, 0.3) is 0 Å². The molecule has 4 heteroatoms. The van der Waals surface area contributed by atoms with Gasteiger partial charge in [-0.3, -0.25) is 0 Å². The van der Waals surface area contributed by atoms with Gasteiger partial charge in [-0.1, -0.05) is 13.8 Å². The number of piperidine rings is 1. The van der Waals surface area contributed by atoms with E-state index in [0.717, 1.165) is 25.3 Å². The highest BCUT2D eigenvalue weighted by Gasteiger charge is 2.17. The molecule has 90 valence electrons. The zero-order chi connectivity index (χ0) is 11.3. The number of rotatable bonds is 5. The van der Waals surface area contributed by atoms with Gasteiger partial charge in [0.15, 0.2) is 0 Å². The largest absolute Gasteiger partial charge is 0.314 e. The van der Waals surface area contributed by atoms with Gasteiger partial charge in [-0.2, -0.15) is 0 Å². The molecular formula is C11H23NO2S. The van der Waals surface area contributed by atoms with Crippen molar-refractivity contribution >= 4 is 9.84 Å². The molecule has 0 aromatic rings. The van der Waals surface area contributed by atoms with Crippen LogP contribution in [0.25, 0.3) is 0 Å². The summed E-state index contributed by atoms with van der Waals surface area (Å²) in [6.07, 6.45) is 4.29. The molecule has 15 heavy (non-hydrogen) atoms. The first-order valence-electron chi connectivity index (χ1n) is 5.97. The lowest BCUT2D eigenvalue weighted by atomic mass is 9.94. The first-order valence-corrected chi connectivity index (χ1v) is 7.79. The Morgan fingerprint density at radius 3 is 2.60 bits per heavy atom. The molecule has 0 bridgehead atoms. The standard InChI is InChI=1S/C11H23NO2S/c1-3-15(13,14)8-4-5-11-7-6-10(2)9-12-11/h10-12H,3-9H2,1-2H3. The predicted octanol–water partition coefficient (Wildman–Crippen LogP) is 1.59. The van der Waals surface area contributed by atoms with Crippen molar-refractivity contribution in [1.29, 1.82) is 0 Å². The molecule has 1 fully saturated rings. The summed E-state index contributed by atoms with van der Waals surface area (Å²) in [5, 5.41) is 3.48. The Hall–Kier alpha value is -0.0900. The maximum Gasteiger partial charge on any atom is 0.150 e. The van der Waals surface area contributed by atoms with E-state index in [1.807, 2.05) is 0 Å². The molecule has 0 aliphatic carbocycles. The van der Waals surface area contributed by atoms with Crippen molar-refractivity contribution in [3.8, 4) is 0 Å². The van der Waals surface area contributed by atoms with Gasteiger partial charge in [0, 0.05) is 11.8 Å². The fraction of sp³-hybridized carbons (Fsp3) is 1.00. The van der Waals surface area contributed by atoms with Crippen LogP contribution in [0.4, 0.5) is 0 Å². The van der Waals surface area contributed by atoms with Crippen molar-refractivity contribution in [2.75, 3.05) is 18.1 Å². The molecular weight excluding hydrogens is 210 g/mol. The van der Waals surface area contributed by atoms with Crippen LogP contribution in [0, 0.1) is 5.92 Å². The van der Waals surface area contributed by atoms with Gasteiger partial charge in [0.05, 0.1) is 5.75 Å². The van der Waals surface area contributed by atoms with Crippen LogP contribution in [0.3, 0.4) is 0 Å². The lowest BCUT2D eigenvalue weighted by molar-refractivity contribution is 0.314. The van der Waals surface area contributed by atoms with E-state index >= 15 is 0 Å². The zero-order valence-corrected chi connectivity index (χ0v) is 10.6. The normalized spacial score (nSPS) is 27.9. The van der Waals surface area contributed by atoms with E-state index in [1.165, 1.54) is 12.8 Å². The van der Waals surface area contributed by atoms with E-state index in [-0.39, 0.29) is 5.75 Å². The predicted molar refractivity (Wildman–Crippen MR) is 63.8 cm³/mol. The molecule has 0 saturated carbocycles. The monoisotopic (exact) mass is 233 g/mol. The van der Waals surface area contributed by atoms with Crippen molar-refractivity contribution in [1.82, 2.24) is 5.32 Å². The van der Waals surface area contributed by atoms with Gasteiger partial charge >= 0.3 is 0 Å². The van der Waals surface area contributed by atoms with Crippen molar-refractivity contribution in [2.45, 2.75) is 45.6 Å². The molecule has 2 unspecified atom stereocenters. The summed E-state index contributed by atoms with van der Waals surface area (Å²) < 4.78 is 22.5. The fourth-order valence-electron chi connectivity index (χ4n) is 2.00. The third-order valence-corrected chi connectivity index (χ3v) is 5.00. The van der Waals surface area contributed by atoms with Crippen LogP contribution in [0.5, 0.6) is 0 Å². The summed E-state index contributed by atoms with van der Waals surface area (Å²) in [7, 11) is -2.76. The minimum Gasteiger partial charge on any atom is -0.314 e. The van der Waals surface area contributed by atoms with E-state index in [4.69, 9.17) is 0 Å². The summed E-state index contributed by atoms with van der Waals surface area (Å²) in [6, 6.07) is 0.549. The van der Waals surface area contributed by atoms with Crippen LogP contribution < -0.4 is 5.32 Å². The number of hydrogen-bond acceptors (Lipinski definition) is 3. The number of nitrogens with one attached hydrogen (secondary N) is 1. The molecule has 1 saturated heterocycles. The second-order valence-electron chi connectivity index (χ2n) is 4.67. The van der Waals surface area contributed by atoms with Crippen LogP contribution in [0.2, 0.25) is 0 Å². The molecule has 0 aromatic heterocycles. The van der Waals surface area contributed by atoms with Gasteiger partial charge in [0.2, 0.25) is 0 Å². The Morgan fingerprint density at radius 1 is 1.33 bits per heavy atom. The van der Waals surface area contributed by atoms with Crippen molar-refractivity contribution in [3.63, 3.8) is 0 Å². The lowest BCUT2D eigenvalue weighted by Crippen LogP contribution is -2.38. The molecule has 1 heterocycles. The third kappa shape index (κ3) is 4.98. The minimum absolute atomic E-state index is 0.280. The van der Waals surface area contributed by atoms with Crippen molar-refractivity contribution in [3.05, 3.63) is 0 Å². The van der Waals surface area contributed by atoms with E-state index in [9.17, 15) is 8.42 Å². The van der Waals surface area contributed by atoms with Gasteiger partial charge in [-0.05, 0) is 38.1 Å². The van der Waals surface area contributed by atoms with Crippen molar-refractivity contribution < 1.29 is 8.42 Å². The third-order valence-electron chi connectivity index (χ3n) is 3.21. The SMILES string of the molecule is CCS(=O)(=O)CCCC1CCC(C)CN1. The Balaban J connectivity index is 2.16. The smallest absolute Gasteiger partial charge is 0.150 e. The Kier molecular flexibility index (Phi) is 5.06. The molecule has 0 aromatic carbocycles. The van der Waals surface area contributed by atoms with Gasteiger partial charge < -0.3 is 5.32 Å². The average Bonchev–Trinajstić information content (AvgIpc) is 2.21. The van der Waals surface area contributed by atoms with E-state index < -0.39 is 9.84 Å². The molecule has 0 spiro atoms. The molecule has 3 nitrogen and oxygen atoms in total. The lowest BCUT2D eigenvalue weighted by Gasteiger charge is -2.27. The molecule has 0 radical (unpaired) electrons.